The molecule has 0 atom stereocenters. The Morgan fingerprint density at radius 2 is 2.58 bits per heavy atom. The first-order chi connectivity index (χ1) is 5.79. The van der Waals surface area contributed by atoms with E-state index in [1.807, 2.05) is 0 Å². The van der Waals surface area contributed by atoms with Crippen LogP contribution >= 0.6 is 11.6 Å². The second-order valence-electron chi connectivity index (χ2n) is 2.42. The van der Waals surface area contributed by atoms with Crippen LogP contribution in [0, 0.1) is 0 Å². The van der Waals surface area contributed by atoms with E-state index in [0.29, 0.717) is 28.9 Å². The van der Waals surface area contributed by atoms with Crippen molar-refractivity contribution in [2.75, 3.05) is 6.67 Å². The zero-order valence-corrected chi connectivity index (χ0v) is 7.20. The fourth-order valence-electron chi connectivity index (χ4n) is 1.06. The predicted octanol–water partition coefficient (Wildman–Crippen LogP) is 0.868. The molecule has 0 aliphatic heterocycles. The van der Waals surface area contributed by atoms with Crippen molar-refractivity contribution in [2.24, 2.45) is 0 Å². The predicted molar refractivity (Wildman–Crippen MR) is 48.6 cm³/mol. The van der Waals surface area contributed by atoms with E-state index in [1.54, 1.807) is 6.08 Å². The van der Waals surface area contributed by atoms with Crippen LogP contribution in [0.5, 0.6) is 0 Å². The summed E-state index contributed by atoms with van der Waals surface area (Å²) in [6, 6.07) is 0. The first-order valence-electron chi connectivity index (χ1n) is 3.61. The third-order valence-electron chi connectivity index (χ3n) is 1.64. The van der Waals surface area contributed by atoms with E-state index >= 15 is 0 Å². The Morgan fingerprint density at radius 1 is 1.83 bits per heavy atom. The molecule has 0 radical (unpaired) electrons. The van der Waals surface area contributed by atoms with Crippen molar-refractivity contribution in [3.63, 3.8) is 0 Å². The molecule has 1 rings (SSSR count). The average Bonchev–Trinajstić information content (AvgIpc) is 2.43. The standard InChI is InChI=1S/C7H8BClFNO/c9-6-2-1-5(3-10)7(6)11-8-4-12/h2,4,8,11H,1,3H2. The summed E-state index contributed by atoms with van der Waals surface area (Å²) < 4.78 is 12.3. The minimum Gasteiger partial charge on any atom is -0.424 e. The van der Waals surface area contributed by atoms with Crippen molar-refractivity contribution >= 4 is 25.2 Å². The van der Waals surface area contributed by atoms with Crippen LogP contribution < -0.4 is 5.23 Å². The summed E-state index contributed by atoms with van der Waals surface area (Å²) >= 11 is 5.75. The van der Waals surface area contributed by atoms with E-state index in [9.17, 15) is 9.18 Å². The number of carbonyl (C=O) groups excluding carboxylic acids is 1. The second kappa shape index (κ2) is 4.31. The van der Waals surface area contributed by atoms with Crippen LogP contribution in [-0.2, 0) is 4.79 Å². The quantitative estimate of drug-likeness (QED) is 0.523. The Balaban J connectivity index is 2.66. The van der Waals surface area contributed by atoms with E-state index < -0.39 is 6.67 Å². The summed E-state index contributed by atoms with van der Waals surface area (Å²) in [5, 5.41) is 3.26. The largest absolute Gasteiger partial charge is 0.424 e. The lowest BCUT2D eigenvalue weighted by molar-refractivity contribution is 0.536. The number of allylic oxidation sites excluding steroid dienone is 3. The van der Waals surface area contributed by atoms with Crippen LogP contribution in [0.3, 0.4) is 0 Å². The van der Waals surface area contributed by atoms with Crippen LogP contribution in [0.1, 0.15) is 6.42 Å². The molecule has 0 bridgehead atoms. The fourth-order valence-corrected chi connectivity index (χ4v) is 1.34. The summed E-state index contributed by atoms with van der Waals surface area (Å²) in [7, 11) is 0.170. The van der Waals surface area contributed by atoms with Crippen molar-refractivity contribution in [3.8, 4) is 0 Å². The Hall–Kier alpha value is -0.765. The number of alkyl halides is 1. The highest BCUT2D eigenvalue weighted by Gasteiger charge is 2.15. The molecule has 64 valence electrons. The lowest BCUT2D eigenvalue weighted by Gasteiger charge is -2.05. The lowest BCUT2D eigenvalue weighted by Crippen LogP contribution is -2.20. The van der Waals surface area contributed by atoms with E-state index in [0.717, 1.165) is 0 Å². The molecule has 0 saturated heterocycles. The van der Waals surface area contributed by atoms with Gasteiger partial charge < -0.3 is 10.0 Å². The molecule has 0 aromatic carbocycles. The van der Waals surface area contributed by atoms with Gasteiger partial charge in [-0.05, 0) is 12.0 Å². The van der Waals surface area contributed by atoms with Crippen LogP contribution in [-0.4, -0.2) is 20.3 Å². The van der Waals surface area contributed by atoms with E-state index in [4.69, 9.17) is 11.6 Å². The molecular weight excluding hydrogens is 179 g/mol. The smallest absolute Gasteiger partial charge is 0.308 e. The average molecular weight is 187 g/mol. The highest BCUT2D eigenvalue weighted by molar-refractivity contribution is 6.65. The van der Waals surface area contributed by atoms with Gasteiger partial charge in [0, 0.05) is 5.70 Å². The summed E-state index contributed by atoms with van der Waals surface area (Å²) in [6.07, 6.45) is 2.98. The van der Waals surface area contributed by atoms with Gasteiger partial charge in [0.15, 0.2) is 0 Å². The maximum Gasteiger partial charge on any atom is 0.308 e. The first-order valence-corrected chi connectivity index (χ1v) is 3.99. The van der Waals surface area contributed by atoms with Gasteiger partial charge in [-0.2, -0.15) is 0 Å². The zero-order valence-electron chi connectivity index (χ0n) is 6.44. The number of halogens is 2. The summed E-state index contributed by atoms with van der Waals surface area (Å²) in [5.74, 6) is 0. The van der Waals surface area contributed by atoms with Gasteiger partial charge in [0.05, 0.1) is 5.03 Å². The molecule has 0 aromatic heterocycles. The molecule has 0 heterocycles. The molecule has 1 aliphatic carbocycles. The zero-order chi connectivity index (χ0) is 8.97. The van der Waals surface area contributed by atoms with Crippen molar-refractivity contribution in [1.82, 2.24) is 5.23 Å². The normalized spacial score (nSPS) is 16.0. The maximum atomic E-state index is 12.3. The van der Waals surface area contributed by atoms with Gasteiger partial charge in [0.2, 0.25) is 0 Å². The topological polar surface area (TPSA) is 29.1 Å². The Bertz CT molecular complexity index is 252. The summed E-state index contributed by atoms with van der Waals surface area (Å²) in [4.78, 5) is 10.0. The van der Waals surface area contributed by atoms with E-state index in [1.165, 1.54) is 0 Å². The van der Waals surface area contributed by atoms with Crippen molar-refractivity contribution in [1.29, 1.82) is 0 Å². The minimum atomic E-state index is -0.520. The molecule has 0 aromatic rings. The van der Waals surface area contributed by atoms with Gasteiger partial charge in [0.25, 0.3) is 0 Å². The van der Waals surface area contributed by atoms with Gasteiger partial charge in [-0.25, -0.2) is 4.39 Å². The minimum absolute atomic E-state index is 0.170. The second-order valence-corrected chi connectivity index (χ2v) is 2.82. The van der Waals surface area contributed by atoms with Crippen LogP contribution in [0.15, 0.2) is 22.4 Å². The Labute approximate surface area is 75.7 Å². The van der Waals surface area contributed by atoms with Crippen molar-refractivity contribution < 1.29 is 9.18 Å². The van der Waals surface area contributed by atoms with Crippen LogP contribution in [0.4, 0.5) is 4.39 Å². The van der Waals surface area contributed by atoms with Gasteiger partial charge >= 0.3 is 7.41 Å². The lowest BCUT2D eigenvalue weighted by atomic mass is 9.98. The van der Waals surface area contributed by atoms with Crippen LogP contribution in [0.2, 0.25) is 0 Å². The highest BCUT2D eigenvalue weighted by atomic mass is 35.5. The van der Waals surface area contributed by atoms with Gasteiger partial charge in [-0.3, -0.25) is 0 Å². The molecule has 12 heavy (non-hydrogen) atoms. The fraction of sp³-hybridized carbons (Fsp3) is 0.286. The number of nitrogens with one attached hydrogen (secondary N) is 1. The van der Waals surface area contributed by atoms with Gasteiger partial charge in [-0.1, -0.05) is 17.7 Å². The maximum absolute atomic E-state index is 12.3. The van der Waals surface area contributed by atoms with E-state index in [-0.39, 0.29) is 7.41 Å². The Kier molecular flexibility index (Phi) is 3.35. The number of hydrogen-bond acceptors (Lipinski definition) is 2. The number of carbonyl (C=O) groups is 1. The molecule has 1 aliphatic rings. The van der Waals surface area contributed by atoms with E-state index in [2.05, 4.69) is 5.23 Å². The molecule has 2 nitrogen and oxygen atoms in total. The molecule has 0 spiro atoms. The molecule has 0 saturated carbocycles. The number of hydrogen-bond donors (Lipinski definition) is 1. The molecule has 0 unspecified atom stereocenters. The summed E-state index contributed by atoms with van der Waals surface area (Å²) in [6.45, 7) is -0.520. The van der Waals surface area contributed by atoms with Crippen molar-refractivity contribution in [2.45, 2.75) is 6.42 Å². The molecular formula is C7H8BClFNO. The third kappa shape index (κ3) is 1.88. The van der Waals surface area contributed by atoms with Gasteiger partial charge in [0.1, 0.15) is 12.9 Å². The number of rotatable bonds is 4. The Morgan fingerprint density at radius 3 is 3.17 bits per heavy atom. The van der Waals surface area contributed by atoms with Gasteiger partial charge in [-0.15, -0.1) is 0 Å². The molecule has 5 heteroatoms. The first kappa shape index (κ1) is 9.32. The molecule has 0 amide bonds. The molecule has 0 fully saturated rings. The van der Waals surface area contributed by atoms with Crippen molar-refractivity contribution in [3.05, 3.63) is 22.4 Å². The van der Waals surface area contributed by atoms with Crippen LogP contribution in [0.25, 0.3) is 0 Å². The molecule has 1 N–H and O–H groups in total. The SMILES string of the molecule is O=CBNC1=C(CF)CC=C1Cl. The summed E-state index contributed by atoms with van der Waals surface area (Å²) in [5.41, 5.74) is 1.19. The monoisotopic (exact) mass is 187 g/mol. The highest BCUT2D eigenvalue weighted by Crippen LogP contribution is 2.26. The third-order valence-corrected chi connectivity index (χ3v) is 1.99.